The minimum Gasteiger partial charge on any atom is -0.489 e. The van der Waals surface area contributed by atoms with Crippen molar-refractivity contribution in [3.05, 3.63) is 58.1 Å². The van der Waals surface area contributed by atoms with E-state index in [1.54, 1.807) is 12.1 Å². The minimum absolute atomic E-state index is 0.425. The van der Waals surface area contributed by atoms with Crippen molar-refractivity contribution in [1.29, 1.82) is 0 Å². The average molecular weight is 262 g/mol. The van der Waals surface area contributed by atoms with Crippen LogP contribution >= 0.6 is 11.6 Å². The highest BCUT2D eigenvalue weighted by molar-refractivity contribution is 6.31. The molecule has 0 aliphatic rings. The van der Waals surface area contributed by atoms with E-state index in [0.29, 0.717) is 17.3 Å². The highest BCUT2D eigenvalue weighted by atomic mass is 35.5. The smallest absolute Gasteiger partial charge is 0.122 e. The van der Waals surface area contributed by atoms with Crippen LogP contribution in [0.2, 0.25) is 5.02 Å². The van der Waals surface area contributed by atoms with Gasteiger partial charge in [-0.25, -0.2) is 0 Å². The van der Waals surface area contributed by atoms with E-state index in [9.17, 15) is 0 Å². The van der Waals surface area contributed by atoms with Gasteiger partial charge in [-0.2, -0.15) is 0 Å². The Morgan fingerprint density at radius 2 is 1.89 bits per heavy atom. The van der Waals surface area contributed by atoms with Gasteiger partial charge in [0, 0.05) is 16.3 Å². The fourth-order valence-electron chi connectivity index (χ4n) is 1.72. The molecule has 2 aromatic rings. The topological polar surface area (TPSA) is 35.2 Å². The van der Waals surface area contributed by atoms with Crippen LogP contribution in [0.5, 0.6) is 5.75 Å². The largest absolute Gasteiger partial charge is 0.489 e. The lowest BCUT2D eigenvalue weighted by molar-refractivity contribution is 0.304. The van der Waals surface area contributed by atoms with Crippen LogP contribution in [0, 0.1) is 13.8 Å². The molecule has 2 rings (SSSR count). The standard InChI is InChI=1S/C15H16ClNO/c1-10-3-4-11(2)15(7-10)18-9-12-8-13(17)5-6-14(12)16/h3-8H,9,17H2,1-2H3. The first-order chi connectivity index (χ1) is 8.56. The molecule has 18 heavy (non-hydrogen) atoms. The van der Waals surface area contributed by atoms with Gasteiger partial charge in [-0.3, -0.25) is 0 Å². The summed E-state index contributed by atoms with van der Waals surface area (Å²) in [4.78, 5) is 0. The summed E-state index contributed by atoms with van der Waals surface area (Å²) in [5.74, 6) is 0.883. The number of nitrogen functional groups attached to an aromatic ring is 1. The summed E-state index contributed by atoms with van der Waals surface area (Å²) in [5.41, 5.74) is 9.62. The van der Waals surface area contributed by atoms with Crippen molar-refractivity contribution in [2.75, 3.05) is 5.73 Å². The van der Waals surface area contributed by atoms with Gasteiger partial charge in [0.1, 0.15) is 12.4 Å². The molecule has 0 aromatic heterocycles. The molecule has 2 aromatic carbocycles. The second-order valence-electron chi connectivity index (χ2n) is 4.41. The summed E-state index contributed by atoms with van der Waals surface area (Å²) in [6.45, 7) is 4.49. The van der Waals surface area contributed by atoms with E-state index < -0.39 is 0 Å². The fourth-order valence-corrected chi connectivity index (χ4v) is 1.90. The van der Waals surface area contributed by atoms with Gasteiger partial charge in [0.15, 0.2) is 0 Å². The quantitative estimate of drug-likeness (QED) is 0.844. The van der Waals surface area contributed by atoms with Gasteiger partial charge in [0.25, 0.3) is 0 Å². The van der Waals surface area contributed by atoms with Gasteiger partial charge < -0.3 is 10.5 Å². The van der Waals surface area contributed by atoms with Crippen molar-refractivity contribution in [2.24, 2.45) is 0 Å². The Hall–Kier alpha value is -1.67. The number of anilines is 1. The highest BCUT2D eigenvalue weighted by Gasteiger charge is 2.04. The Balaban J connectivity index is 2.16. The van der Waals surface area contributed by atoms with Crippen LogP contribution in [-0.2, 0) is 6.61 Å². The minimum atomic E-state index is 0.425. The normalized spacial score (nSPS) is 10.4. The molecule has 0 unspecified atom stereocenters. The first kappa shape index (κ1) is 12.8. The van der Waals surface area contributed by atoms with Crippen LogP contribution in [-0.4, -0.2) is 0 Å². The van der Waals surface area contributed by atoms with Crippen LogP contribution in [0.4, 0.5) is 5.69 Å². The van der Waals surface area contributed by atoms with Gasteiger partial charge in [0.05, 0.1) is 0 Å². The summed E-state index contributed by atoms with van der Waals surface area (Å²) in [7, 11) is 0. The predicted molar refractivity (Wildman–Crippen MR) is 76.1 cm³/mol. The Kier molecular flexibility index (Phi) is 3.78. The summed E-state index contributed by atoms with van der Waals surface area (Å²) in [6.07, 6.45) is 0. The molecule has 0 heterocycles. The second kappa shape index (κ2) is 5.32. The van der Waals surface area contributed by atoms with Crippen LogP contribution < -0.4 is 10.5 Å². The van der Waals surface area contributed by atoms with Gasteiger partial charge >= 0.3 is 0 Å². The molecule has 0 spiro atoms. The van der Waals surface area contributed by atoms with E-state index in [0.717, 1.165) is 16.9 Å². The number of hydrogen-bond donors (Lipinski definition) is 1. The third-order valence-corrected chi connectivity index (χ3v) is 3.17. The zero-order chi connectivity index (χ0) is 13.1. The van der Waals surface area contributed by atoms with Gasteiger partial charge in [-0.1, -0.05) is 23.7 Å². The van der Waals surface area contributed by atoms with E-state index in [2.05, 4.69) is 6.07 Å². The van der Waals surface area contributed by atoms with Crippen LogP contribution in [0.25, 0.3) is 0 Å². The van der Waals surface area contributed by atoms with Crippen molar-refractivity contribution in [1.82, 2.24) is 0 Å². The highest BCUT2D eigenvalue weighted by Crippen LogP contribution is 2.24. The molecule has 0 bridgehead atoms. The van der Waals surface area contributed by atoms with Crippen molar-refractivity contribution in [3.8, 4) is 5.75 Å². The molecule has 0 radical (unpaired) electrons. The lowest BCUT2D eigenvalue weighted by Crippen LogP contribution is -1.99. The Bertz CT molecular complexity index is 515. The van der Waals surface area contributed by atoms with Crippen molar-refractivity contribution >= 4 is 17.3 Å². The summed E-state index contributed by atoms with van der Waals surface area (Å²) < 4.78 is 5.80. The first-order valence-electron chi connectivity index (χ1n) is 5.80. The second-order valence-corrected chi connectivity index (χ2v) is 4.82. The lowest BCUT2D eigenvalue weighted by atomic mass is 10.1. The molecule has 0 amide bonds. The fraction of sp³-hybridized carbons (Fsp3) is 0.200. The lowest BCUT2D eigenvalue weighted by Gasteiger charge is -2.11. The zero-order valence-electron chi connectivity index (χ0n) is 10.5. The van der Waals surface area contributed by atoms with E-state index >= 15 is 0 Å². The molecule has 94 valence electrons. The molecule has 3 heteroatoms. The van der Waals surface area contributed by atoms with E-state index in [1.165, 1.54) is 5.56 Å². The van der Waals surface area contributed by atoms with Crippen molar-refractivity contribution in [3.63, 3.8) is 0 Å². The van der Waals surface area contributed by atoms with E-state index in [4.69, 9.17) is 22.1 Å². The molecule has 0 fully saturated rings. The summed E-state index contributed by atoms with van der Waals surface area (Å²) in [5, 5.41) is 0.675. The Morgan fingerprint density at radius 1 is 1.11 bits per heavy atom. The van der Waals surface area contributed by atoms with E-state index in [1.807, 2.05) is 32.0 Å². The maximum atomic E-state index is 6.10. The van der Waals surface area contributed by atoms with Crippen molar-refractivity contribution in [2.45, 2.75) is 20.5 Å². The first-order valence-corrected chi connectivity index (χ1v) is 6.18. The average Bonchev–Trinajstić information content (AvgIpc) is 2.34. The molecule has 0 aliphatic heterocycles. The van der Waals surface area contributed by atoms with Crippen LogP contribution in [0.1, 0.15) is 16.7 Å². The monoisotopic (exact) mass is 261 g/mol. The summed E-state index contributed by atoms with van der Waals surface area (Å²) >= 11 is 6.10. The molecule has 0 saturated carbocycles. The Morgan fingerprint density at radius 3 is 2.67 bits per heavy atom. The van der Waals surface area contributed by atoms with Crippen LogP contribution in [0.15, 0.2) is 36.4 Å². The number of benzene rings is 2. The molecule has 0 atom stereocenters. The molecular formula is C15H16ClNO. The van der Waals surface area contributed by atoms with E-state index in [-0.39, 0.29) is 0 Å². The molecule has 0 aliphatic carbocycles. The number of hydrogen-bond acceptors (Lipinski definition) is 2. The number of ether oxygens (including phenoxy) is 1. The molecular weight excluding hydrogens is 246 g/mol. The predicted octanol–water partition coefficient (Wildman–Crippen LogP) is 4.12. The molecule has 2 nitrogen and oxygen atoms in total. The SMILES string of the molecule is Cc1ccc(C)c(OCc2cc(N)ccc2Cl)c1. The van der Waals surface area contributed by atoms with Gasteiger partial charge in [-0.15, -0.1) is 0 Å². The third-order valence-electron chi connectivity index (χ3n) is 2.80. The third kappa shape index (κ3) is 2.96. The number of halogens is 1. The number of aryl methyl sites for hydroxylation is 2. The van der Waals surface area contributed by atoms with Gasteiger partial charge in [0.2, 0.25) is 0 Å². The van der Waals surface area contributed by atoms with Crippen molar-refractivity contribution < 1.29 is 4.74 Å². The maximum absolute atomic E-state index is 6.10. The van der Waals surface area contributed by atoms with Gasteiger partial charge in [-0.05, 0) is 49.2 Å². The molecule has 2 N–H and O–H groups in total. The summed E-state index contributed by atoms with van der Waals surface area (Å²) in [6, 6.07) is 11.5. The number of rotatable bonds is 3. The molecule has 0 saturated heterocycles. The van der Waals surface area contributed by atoms with Crippen LogP contribution in [0.3, 0.4) is 0 Å². The Labute approximate surface area is 112 Å². The maximum Gasteiger partial charge on any atom is 0.122 e. The number of nitrogens with two attached hydrogens (primary N) is 1. The zero-order valence-corrected chi connectivity index (χ0v) is 11.3.